The summed E-state index contributed by atoms with van der Waals surface area (Å²) >= 11 is 0. The molecule has 1 aromatic carbocycles. The highest BCUT2D eigenvalue weighted by Crippen LogP contribution is 2.30. The molecule has 0 aliphatic carbocycles. The van der Waals surface area contributed by atoms with Gasteiger partial charge in [-0.25, -0.2) is 0 Å². The Kier molecular flexibility index (Phi) is 3.01. The number of nitrogen functional groups attached to an aromatic ring is 1. The van der Waals surface area contributed by atoms with Gasteiger partial charge in [0.15, 0.2) is 0 Å². The van der Waals surface area contributed by atoms with Gasteiger partial charge in [-0.1, -0.05) is 6.92 Å². The van der Waals surface area contributed by atoms with Gasteiger partial charge in [-0.05, 0) is 25.0 Å². The summed E-state index contributed by atoms with van der Waals surface area (Å²) in [7, 11) is 0. The van der Waals surface area contributed by atoms with Crippen LogP contribution in [0.25, 0.3) is 0 Å². The Hall–Kier alpha value is -1.38. The van der Waals surface area contributed by atoms with Gasteiger partial charge in [0.25, 0.3) is 0 Å². The van der Waals surface area contributed by atoms with Crippen LogP contribution in [0.1, 0.15) is 19.4 Å². The molecule has 13 heavy (non-hydrogen) atoms. The number of anilines is 1. The molecule has 0 heterocycles. The number of nitrogens with two attached hydrogens (primary N) is 1. The van der Waals surface area contributed by atoms with E-state index in [2.05, 4.69) is 0 Å². The van der Waals surface area contributed by atoms with Crippen LogP contribution < -0.4 is 10.5 Å². The lowest BCUT2D eigenvalue weighted by Crippen LogP contribution is -1.97. The van der Waals surface area contributed by atoms with Gasteiger partial charge in [0.05, 0.1) is 12.3 Å². The van der Waals surface area contributed by atoms with E-state index in [0.29, 0.717) is 12.3 Å². The molecule has 0 bridgehead atoms. The lowest BCUT2D eigenvalue weighted by Gasteiger charge is -2.10. The molecular formula is C10H15NO2. The molecule has 0 saturated heterocycles. The Bertz CT molecular complexity index is 297. The van der Waals surface area contributed by atoms with Gasteiger partial charge in [0.1, 0.15) is 11.5 Å². The first-order valence-corrected chi connectivity index (χ1v) is 4.43. The van der Waals surface area contributed by atoms with E-state index in [9.17, 15) is 5.11 Å². The van der Waals surface area contributed by atoms with E-state index in [1.165, 1.54) is 0 Å². The predicted molar refractivity (Wildman–Crippen MR) is 53.1 cm³/mol. The van der Waals surface area contributed by atoms with E-state index in [1.54, 1.807) is 12.1 Å². The number of aryl methyl sites for hydroxylation is 1. The Balaban J connectivity index is 3.09. The SMILES string of the molecule is CCOc1cc(O)c(N)cc1CC. The number of benzene rings is 1. The monoisotopic (exact) mass is 181 g/mol. The largest absolute Gasteiger partial charge is 0.506 e. The molecule has 0 atom stereocenters. The summed E-state index contributed by atoms with van der Waals surface area (Å²) in [5, 5.41) is 9.34. The molecule has 0 amide bonds. The zero-order valence-electron chi connectivity index (χ0n) is 8.00. The summed E-state index contributed by atoms with van der Waals surface area (Å²) < 4.78 is 5.35. The zero-order chi connectivity index (χ0) is 9.84. The van der Waals surface area contributed by atoms with Crippen molar-refractivity contribution in [1.82, 2.24) is 0 Å². The molecule has 1 rings (SSSR count). The minimum Gasteiger partial charge on any atom is -0.506 e. The molecule has 1 aromatic rings. The van der Waals surface area contributed by atoms with E-state index in [0.717, 1.165) is 17.7 Å². The van der Waals surface area contributed by atoms with Crippen LogP contribution in [0.4, 0.5) is 5.69 Å². The predicted octanol–water partition coefficient (Wildman–Crippen LogP) is 1.94. The van der Waals surface area contributed by atoms with E-state index in [-0.39, 0.29) is 5.75 Å². The van der Waals surface area contributed by atoms with Crippen LogP contribution in [0.5, 0.6) is 11.5 Å². The average molecular weight is 181 g/mol. The van der Waals surface area contributed by atoms with Crippen LogP contribution in [-0.2, 0) is 6.42 Å². The average Bonchev–Trinajstić information content (AvgIpc) is 2.11. The maximum absolute atomic E-state index is 9.34. The quantitative estimate of drug-likeness (QED) is 0.553. The first-order valence-electron chi connectivity index (χ1n) is 4.43. The second kappa shape index (κ2) is 4.03. The first-order chi connectivity index (χ1) is 6.19. The fraction of sp³-hybridized carbons (Fsp3) is 0.400. The van der Waals surface area contributed by atoms with Gasteiger partial charge in [-0.2, -0.15) is 0 Å². The molecular weight excluding hydrogens is 166 g/mol. The summed E-state index contributed by atoms with van der Waals surface area (Å²) in [6.45, 7) is 4.53. The first kappa shape index (κ1) is 9.71. The van der Waals surface area contributed by atoms with E-state index in [4.69, 9.17) is 10.5 Å². The Morgan fingerprint density at radius 1 is 1.38 bits per heavy atom. The smallest absolute Gasteiger partial charge is 0.142 e. The molecule has 3 nitrogen and oxygen atoms in total. The molecule has 3 N–H and O–H groups in total. The van der Waals surface area contributed by atoms with Crippen molar-refractivity contribution in [2.75, 3.05) is 12.3 Å². The summed E-state index contributed by atoms with van der Waals surface area (Å²) in [6.07, 6.45) is 0.847. The number of ether oxygens (including phenoxy) is 1. The highest BCUT2D eigenvalue weighted by molar-refractivity contribution is 5.58. The van der Waals surface area contributed by atoms with E-state index < -0.39 is 0 Å². The molecule has 3 heteroatoms. The molecule has 0 aliphatic rings. The number of hydrogen-bond donors (Lipinski definition) is 2. The Morgan fingerprint density at radius 3 is 2.62 bits per heavy atom. The highest BCUT2D eigenvalue weighted by atomic mass is 16.5. The lowest BCUT2D eigenvalue weighted by atomic mass is 10.1. The van der Waals surface area contributed by atoms with Crippen molar-refractivity contribution in [3.8, 4) is 11.5 Å². The molecule has 0 unspecified atom stereocenters. The topological polar surface area (TPSA) is 55.5 Å². The highest BCUT2D eigenvalue weighted by Gasteiger charge is 2.06. The van der Waals surface area contributed by atoms with Crippen LogP contribution in [-0.4, -0.2) is 11.7 Å². The van der Waals surface area contributed by atoms with Crippen molar-refractivity contribution in [1.29, 1.82) is 0 Å². The second-order valence-corrected chi connectivity index (χ2v) is 2.81. The standard InChI is InChI=1S/C10H15NO2/c1-3-7-5-8(11)9(12)6-10(7)13-4-2/h5-6,12H,3-4,11H2,1-2H3. The molecule has 0 spiro atoms. The number of hydrogen-bond acceptors (Lipinski definition) is 3. The van der Waals surface area contributed by atoms with Gasteiger partial charge >= 0.3 is 0 Å². The van der Waals surface area contributed by atoms with Crippen LogP contribution in [0.3, 0.4) is 0 Å². The van der Waals surface area contributed by atoms with Crippen molar-refractivity contribution < 1.29 is 9.84 Å². The minimum absolute atomic E-state index is 0.0839. The Morgan fingerprint density at radius 2 is 2.08 bits per heavy atom. The summed E-state index contributed by atoms with van der Waals surface area (Å²) in [4.78, 5) is 0. The van der Waals surface area contributed by atoms with Crippen LogP contribution >= 0.6 is 0 Å². The van der Waals surface area contributed by atoms with E-state index >= 15 is 0 Å². The summed E-state index contributed by atoms with van der Waals surface area (Å²) in [5.41, 5.74) is 6.98. The molecule has 0 aromatic heterocycles. The molecule has 0 radical (unpaired) electrons. The van der Waals surface area contributed by atoms with Crippen LogP contribution in [0, 0.1) is 0 Å². The fourth-order valence-corrected chi connectivity index (χ4v) is 1.20. The van der Waals surface area contributed by atoms with Crippen molar-refractivity contribution in [2.24, 2.45) is 0 Å². The van der Waals surface area contributed by atoms with Crippen LogP contribution in [0.2, 0.25) is 0 Å². The number of phenols is 1. The zero-order valence-corrected chi connectivity index (χ0v) is 8.00. The normalized spacial score (nSPS) is 10.0. The third-order valence-electron chi connectivity index (χ3n) is 1.89. The fourth-order valence-electron chi connectivity index (χ4n) is 1.20. The molecule has 0 saturated carbocycles. The molecule has 0 fully saturated rings. The van der Waals surface area contributed by atoms with Gasteiger partial charge in [-0.3, -0.25) is 0 Å². The Labute approximate surface area is 78.1 Å². The summed E-state index contributed by atoms with van der Waals surface area (Å²) in [6, 6.07) is 3.32. The third-order valence-corrected chi connectivity index (χ3v) is 1.89. The van der Waals surface area contributed by atoms with Crippen molar-refractivity contribution in [3.63, 3.8) is 0 Å². The number of phenolic OH excluding ortho intramolecular Hbond substituents is 1. The van der Waals surface area contributed by atoms with Gasteiger partial charge < -0.3 is 15.6 Å². The van der Waals surface area contributed by atoms with E-state index in [1.807, 2.05) is 13.8 Å². The second-order valence-electron chi connectivity index (χ2n) is 2.81. The van der Waals surface area contributed by atoms with Crippen molar-refractivity contribution >= 4 is 5.69 Å². The summed E-state index contributed by atoms with van der Waals surface area (Å²) in [5.74, 6) is 0.803. The van der Waals surface area contributed by atoms with Gasteiger partial charge in [0, 0.05) is 6.07 Å². The van der Waals surface area contributed by atoms with Gasteiger partial charge in [0.2, 0.25) is 0 Å². The maximum atomic E-state index is 9.34. The minimum atomic E-state index is 0.0839. The van der Waals surface area contributed by atoms with Crippen molar-refractivity contribution in [2.45, 2.75) is 20.3 Å². The maximum Gasteiger partial charge on any atom is 0.142 e. The lowest BCUT2D eigenvalue weighted by molar-refractivity contribution is 0.334. The van der Waals surface area contributed by atoms with Crippen LogP contribution in [0.15, 0.2) is 12.1 Å². The molecule has 0 aliphatic heterocycles. The number of rotatable bonds is 3. The van der Waals surface area contributed by atoms with Crippen molar-refractivity contribution in [3.05, 3.63) is 17.7 Å². The third kappa shape index (κ3) is 2.05. The molecule has 72 valence electrons. The van der Waals surface area contributed by atoms with Gasteiger partial charge in [-0.15, -0.1) is 0 Å². The number of aromatic hydroxyl groups is 1.